The van der Waals surface area contributed by atoms with Crippen LogP contribution in [0.2, 0.25) is 0 Å². The van der Waals surface area contributed by atoms with E-state index in [0.29, 0.717) is 0 Å². The molecule has 0 spiro atoms. The number of halogens is 1. The fraction of sp³-hybridized carbons (Fsp3) is 0.538. The minimum atomic E-state index is -0.271. The van der Waals surface area contributed by atoms with Gasteiger partial charge in [-0.3, -0.25) is 4.90 Å². The maximum atomic E-state index is 12.8. The molecule has 0 unspecified atom stereocenters. The quantitative estimate of drug-likeness (QED) is 0.860. The lowest BCUT2D eigenvalue weighted by molar-refractivity contribution is 0.122. The van der Waals surface area contributed by atoms with Crippen LogP contribution in [0.15, 0.2) is 24.3 Å². The van der Waals surface area contributed by atoms with Gasteiger partial charge in [0.15, 0.2) is 0 Å². The zero-order chi connectivity index (χ0) is 12.3. The summed E-state index contributed by atoms with van der Waals surface area (Å²) in [6.07, 6.45) is -0.271. The number of anilines is 1. The normalized spacial score (nSPS) is 19.4. The van der Waals surface area contributed by atoms with Crippen LogP contribution in [0.1, 0.15) is 6.92 Å². The number of benzene rings is 1. The number of hydrogen-bond acceptors (Lipinski definition) is 3. The molecule has 1 heterocycles. The SMILES string of the molecule is C[C@@H](O)CN1CCN(c2ccc(F)cc2)CC1. The van der Waals surface area contributed by atoms with Crippen LogP contribution in [0.3, 0.4) is 0 Å². The number of hydrogen-bond donors (Lipinski definition) is 1. The summed E-state index contributed by atoms with van der Waals surface area (Å²) in [5.74, 6) is -0.193. The summed E-state index contributed by atoms with van der Waals surface area (Å²) in [6.45, 7) is 6.30. The van der Waals surface area contributed by atoms with Crippen LogP contribution in [0.5, 0.6) is 0 Å². The average Bonchev–Trinajstić information content (AvgIpc) is 2.30. The molecular formula is C13H19FN2O. The van der Waals surface area contributed by atoms with Crippen LogP contribution in [0, 0.1) is 5.82 Å². The summed E-state index contributed by atoms with van der Waals surface area (Å²) in [4.78, 5) is 4.50. The second-order valence-electron chi connectivity index (χ2n) is 4.61. The van der Waals surface area contributed by atoms with Gasteiger partial charge in [-0.2, -0.15) is 0 Å². The standard InChI is InChI=1S/C13H19FN2O/c1-11(17)10-15-6-8-16(9-7-15)13-4-2-12(14)3-5-13/h2-5,11,17H,6-10H2,1H3/t11-/m1/s1. The molecule has 0 bridgehead atoms. The Balaban J connectivity index is 1.88. The van der Waals surface area contributed by atoms with Gasteiger partial charge in [0, 0.05) is 38.4 Å². The predicted octanol–water partition coefficient (Wildman–Crippen LogP) is 1.33. The van der Waals surface area contributed by atoms with Crippen LogP contribution in [0.25, 0.3) is 0 Å². The van der Waals surface area contributed by atoms with Gasteiger partial charge in [0.1, 0.15) is 5.82 Å². The maximum Gasteiger partial charge on any atom is 0.123 e. The molecule has 0 amide bonds. The number of piperazine rings is 1. The van der Waals surface area contributed by atoms with Crippen molar-refractivity contribution in [1.82, 2.24) is 4.90 Å². The summed E-state index contributed by atoms with van der Waals surface area (Å²) in [6, 6.07) is 6.63. The van der Waals surface area contributed by atoms with Gasteiger partial charge >= 0.3 is 0 Å². The number of aliphatic hydroxyl groups is 1. The Morgan fingerprint density at radius 3 is 2.29 bits per heavy atom. The average molecular weight is 238 g/mol. The molecule has 1 fully saturated rings. The second kappa shape index (κ2) is 5.47. The Morgan fingerprint density at radius 1 is 1.18 bits per heavy atom. The van der Waals surface area contributed by atoms with E-state index in [2.05, 4.69) is 9.80 Å². The molecule has 2 rings (SSSR count). The summed E-state index contributed by atoms with van der Waals surface area (Å²) in [7, 11) is 0. The van der Waals surface area contributed by atoms with Crippen molar-refractivity contribution in [2.75, 3.05) is 37.6 Å². The van der Waals surface area contributed by atoms with Crippen LogP contribution in [-0.2, 0) is 0 Å². The summed E-state index contributed by atoms with van der Waals surface area (Å²) in [5.41, 5.74) is 1.07. The molecule has 4 heteroatoms. The molecule has 0 aliphatic carbocycles. The van der Waals surface area contributed by atoms with E-state index in [1.165, 1.54) is 12.1 Å². The van der Waals surface area contributed by atoms with Gasteiger partial charge in [-0.15, -0.1) is 0 Å². The minimum Gasteiger partial charge on any atom is -0.392 e. The Labute approximate surface area is 101 Å². The Morgan fingerprint density at radius 2 is 1.76 bits per heavy atom. The molecule has 94 valence electrons. The van der Waals surface area contributed by atoms with Crippen molar-refractivity contribution in [2.24, 2.45) is 0 Å². The molecule has 1 aromatic rings. The van der Waals surface area contributed by atoms with Gasteiger partial charge < -0.3 is 10.0 Å². The molecule has 1 aliphatic heterocycles. The van der Waals surface area contributed by atoms with Crippen molar-refractivity contribution in [2.45, 2.75) is 13.0 Å². The molecule has 3 nitrogen and oxygen atoms in total. The van der Waals surface area contributed by atoms with Crippen molar-refractivity contribution in [3.63, 3.8) is 0 Å². The topological polar surface area (TPSA) is 26.7 Å². The monoisotopic (exact) mass is 238 g/mol. The smallest absolute Gasteiger partial charge is 0.123 e. The number of rotatable bonds is 3. The Hall–Kier alpha value is -1.13. The first-order chi connectivity index (χ1) is 8.15. The minimum absolute atomic E-state index is 0.193. The zero-order valence-corrected chi connectivity index (χ0v) is 10.1. The molecule has 1 atom stereocenters. The first kappa shape index (κ1) is 12.3. The van der Waals surface area contributed by atoms with Gasteiger partial charge in [-0.1, -0.05) is 0 Å². The van der Waals surface area contributed by atoms with Gasteiger partial charge in [-0.05, 0) is 31.2 Å². The number of β-amino-alcohol motifs (C(OH)–C–C–N with tert-alkyl or cyclic N) is 1. The third kappa shape index (κ3) is 3.41. The van der Waals surface area contributed by atoms with Crippen LogP contribution < -0.4 is 4.90 Å². The van der Waals surface area contributed by atoms with E-state index in [-0.39, 0.29) is 11.9 Å². The lowest BCUT2D eigenvalue weighted by Crippen LogP contribution is -2.48. The third-order valence-corrected chi connectivity index (χ3v) is 3.09. The highest BCUT2D eigenvalue weighted by atomic mass is 19.1. The van der Waals surface area contributed by atoms with E-state index >= 15 is 0 Å². The molecule has 1 aliphatic rings. The molecular weight excluding hydrogens is 219 g/mol. The summed E-state index contributed by atoms with van der Waals surface area (Å²) >= 11 is 0. The second-order valence-corrected chi connectivity index (χ2v) is 4.61. The summed E-state index contributed by atoms with van der Waals surface area (Å²) < 4.78 is 12.8. The fourth-order valence-corrected chi connectivity index (χ4v) is 2.21. The van der Waals surface area contributed by atoms with Gasteiger partial charge in [-0.25, -0.2) is 4.39 Å². The van der Waals surface area contributed by atoms with Crippen LogP contribution in [-0.4, -0.2) is 48.8 Å². The van der Waals surface area contributed by atoms with Gasteiger partial charge in [0.25, 0.3) is 0 Å². The van der Waals surface area contributed by atoms with Crippen LogP contribution in [0.4, 0.5) is 10.1 Å². The van der Waals surface area contributed by atoms with E-state index in [0.717, 1.165) is 38.4 Å². The van der Waals surface area contributed by atoms with Crippen molar-refractivity contribution >= 4 is 5.69 Å². The summed E-state index contributed by atoms with van der Waals surface area (Å²) in [5, 5.41) is 9.32. The maximum absolute atomic E-state index is 12.8. The number of aliphatic hydroxyl groups excluding tert-OH is 1. The van der Waals surface area contributed by atoms with Gasteiger partial charge in [0.05, 0.1) is 6.10 Å². The molecule has 1 aromatic carbocycles. The predicted molar refractivity (Wildman–Crippen MR) is 66.7 cm³/mol. The van der Waals surface area contributed by atoms with Crippen LogP contribution >= 0.6 is 0 Å². The highest BCUT2D eigenvalue weighted by Gasteiger charge is 2.17. The van der Waals surface area contributed by atoms with E-state index in [1.54, 1.807) is 0 Å². The lowest BCUT2D eigenvalue weighted by Gasteiger charge is -2.36. The van der Waals surface area contributed by atoms with Crippen molar-refractivity contribution in [1.29, 1.82) is 0 Å². The largest absolute Gasteiger partial charge is 0.392 e. The third-order valence-electron chi connectivity index (χ3n) is 3.09. The van der Waals surface area contributed by atoms with E-state index < -0.39 is 0 Å². The first-order valence-electron chi connectivity index (χ1n) is 6.06. The van der Waals surface area contributed by atoms with Crippen molar-refractivity contribution in [3.05, 3.63) is 30.1 Å². The lowest BCUT2D eigenvalue weighted by atomic mass is 10.2. The Bertz CT molecular complexity index is 345. The molecule has 0 saturated carbocycles. The van der Waals surface area contributed by atoms with Crippen molar-refractivity contribution in [3.8, 4) is 0 Å². The highest BCUT2D eigenvalue weighted by Crippen LogP contribution is 2.16. The molecule has 1 N–H and O–H groups in total. The fourth-order valence-electron chi connectivity index (χ4n) is 2.21. The van der Waals surface area contributed by atoms with Crippen molar-refractivity contribution < 1.29 is 9.50 Å². The molecule has 0 radical (unpaired) electrons. The van der Waals surface area contributed by atoms with E-state index in [9.17, 15) is 9.50 Å². The zero-order valence-electron chi connectivity index (χ0n) is 10.1. The molecule has 0 aromatic heterocycles. The molecule has 1 saturated heterocycles. The van der Waals surface area contributed by atoms with E-state index in [1.807, 2.05) is 19.1 Å². The first-order valence-corrected chi connectivity index (χ1v) is 6.06. The highest BCUT2D eigenvalue weighted by molar-refractivity contribution is 5.46. The van der Waals surface area contributed by atoms with E-state index in [4.69, 9.17) is 0 Å². The van der Waals surface area contributed by atoms with Gasteiger partial charge in [0.2, 0.25) is 0 Å². The number of nitrogens with zero attached hydrogens (tertiary/aromatic N) is 2. The molecule has 17 heavy (non-hydrogen) atoms. The Kier molecular flexibility index (Phi) is 3.97.